The number of benzene rings is 1. The molecule has 142 valence electrons. The SMILES string of the molecule is COC(CNS(=O)(=O)c1ccc(N2CCCCS2(=O)=O)cc1C)OC. The number of hydrogen-bond donors (Lipinski definition) is 1. The van der Waals surface area contributed by atoms with Crippen LogP contribution in [0.1, 0.15) is 18.4 Å². The third-order valence-electron chi connectivity index (χ3n) is 4.05. The second-order valence-corrected chi connectivity index (χ2v) is 9.55. The summed E-state index contributed by atoms with van der Waals surface area (Å²) in [6, 6.07) is 4.53. The van der Waals surface area contributed by atoms with E-state index in [2.05, 4.69) is 4.72 Å². The van der Waals surface area contributed by atoms with Crippen molar-refractivity contribution in [1.82, 2.24) is 4.72 Å². The Bertz CT molecular complexity index is 803. The average molecular weight is 392 g/mol. The van der Waals surface area contributed by atoms with Crippen molar-refractivity contribution >= 4 is 25.7 Å². The number of methoxy groups -OCH3 is 2. The summed E-state index contributed by atoms with van der Waals surface area (Å²) >= 11 is 0. The van der Waals surface area contributed by atoms with Crippen molar-refractivity contribution in [2.24, 2.45) is 0 Å². The first-order chi connectivity index (χ1) is 11.7. The van der Waals surface area contributed by atoms with Crippen molar-refractivity contribution in [1.29, 1.82) is 0 Å². The molecule has 0 unspecified atom stereocenters. The van der Waals surface area contributed by atoms with E-state index in [9.17, 15) is 16.8 Å². The lowest BCUT2D eigenvalue weighted by atomic mass is 10.2. The number of rotatable bonds is 7. The molecule has 1 fully saturated rings. The van der Waals surface area contributed by atoms with E-state index in [-0.39, 0.29) is 17.2 Å². The van der Waals surface area contributed by atoms with Crippen molar-refractivity contribution in [2.45, 2.75) is 31.0 Å². The Kier molecular flexibility index (Phi) is 6.44. The molecule has 1 aliphatic rings. The number of ether oxygens (including phenoxy) is 2. The molecule has 0 spiro atoms. The lowest BCUT2D eigenvalue weighted by Gasteiger charge is -2.28. The zero-order valence-corrected chi connectivity index (χ0v) is 16.2. The second-order valence-electron chi connectivity index (χ2n) is 5.80. The molecule has 0 radical (unpaired) electrons. The minimum Gasteiger partial charge on any atom is -0.355 e. The first-order valence-electron chi connectivity index (χ1n) is 7.87. The minimum atomic E-state index is -3.76. The minimum absolute atomic E-state index is 0.0307. The van der Waals surface area contributed by atoms with E-state index < -0.39 is 26.3 Å². The zero-order valence-electron chi connectivity index (χ0n) is 14.6. The van der Waals surface area contributed by atoms with Gasteiger partial charge in [-0.05, 0) is 43.5 Å². The fraction of sp³-hybridized carbons (Fsp3) is 0.600. The Morgan fingerprint density at radius 1 is 1.24 bits per heavy atom. The molecule has 0 amide bonds. The zero-order chi connectivity index (χ0) is 18.7. The first-order valence-corrected chi connectivity index (χ1v) is 11.0. The molecule has 2 rings (SSSR count). The Hall–Kier alpha value is -1.20. The van der Waals surface area contributed by atoms with Crippen LogP contribution in [0.5, 0.6) is 0 Å². The molecule has 0 aromatic heterocycles. The molecule has 25 heavy (non-hydrogen) atoms. The average Bonchev–Trinajstić information content (AvgIpc) is 2.55. The van der Waals surface area contributed by atoms with Gasteiger partial charge in [0.25, 0.3) is 0 Å². The van der Waals surface area contributed by atoms with Crippen LogP contribution in [-0.2, 0) is 29.5 Å². The van der Waals surface area contributed by atoms with Crippen LogP contribution in [0.15, 0.2) is 23.1 Å². The highest BCUT2D eigenvalue weighted by molar-refractivity contribution is 7.92. The van der Waals surface area contributed by atoms with Crippen LogP contribution < -0.4 is 9.03 Å². The molecule has 8 nitrogen and oxygen atoms in total. The quantitative estimate of drug-likeness (QED) is 0.690. The van der Waals surface area contributed by atoms with Gasteiger partial charge in [0.1, 0.15) is 0 Å². The highest BCUT2D eigenvalue weighted by atomic mass is 32.2. The maximum atomic E-state index is 12.5. The van der Waals surface area contributed by atoms with Gasteiger partial charge in [0.15, 0.2) is 6.29 Å². The van der Waals surface area contributed by atoms with E-state index in [4.69, 9.17) is 9.47 Å². The molecule has 0 saturated carbocycles. The van der Waals surface area contributed by atoms with E-state index in [1.54, 1.807) is 13.0 Å². The first kappa shape index (κ1) is 20.1. The van der Waals surface area contributed by atoms with Gasteiger partial charge in [-0.15, -0.1) is 0 Å². The Balaban J connectivity index is 2.24. The summed E-state index contributed by atoms with van der Waals surface area (Å²) in [6.45, 7) is 2.02. The number of nitrogens with zero attached hydrogens (tertiary/aromatic N) is 1. The molecule has 10 heteroatoms. The summed E-state index contributed by atoms with van der Waals surface area (Å²) < 4.78 is 63.0. The van der Waals surface area contributed by atoms with Gasteiger partial charge in [0.05, 0.1) is 22.9 Å². The number of anilines is 1. The topological polar surface area (TPSA) is 102 Å². The Labute approximate surface area is 149 Å². The van der Waals surface area contributed by atoms with Gasteiger partial charge in [0, 0.05) is 20.8 Å². The second kappa shape index (κ2) is 8.00. The summed E-state index contributed by atoms with van der Waals surface area (Å²) in [5.41, 5.74) is 0.958. The maximum absolute atomic E-state index is 12.5. The van der Waals surface area contributed by atoms with Crippen LogP contribution in [0.25, 0.3) is 0 Å². The van der Waals surface area contributed by atoms with E-state index in [1.807, 2.05) is 0 Å². The Morgan fingerprint density at radius 2 is 1.92 bits per heavy atom. The number of aryl methyl sites for hydroxylation is 1. The number of sulfonamides is 2. The largest absolute Gasteiger partial charge is 0.355 e. The van der Waals surface area contributed by atoms with E-state index in [1.165, 1.54) is 30.7 Å². The monoisotopic (exact) mass is 392 g/mol. The number of hydrogen-bond acceptors (Lipinski definition) is 6. The molecule has 1 aromatic carbocycles. The maximum Gasteiger partial charge on any atom is 0.241 e. The van der Waals surface area contributed by atoms with Crippen LogP contribution in [0.3, 0.4) is 0 Å². The van der Waals surface area contributed by atoms with Gasteiger partial charge in [0.2, 0.25) is 20.0 Å². The number of nitrogens with one attached hydrogen (secondary N) is 1. The molecular formula is C15H24N2O6S2. The van der Waals surface area contributed by atoms with Crippen molar-refractivity contribution in [3.63, 3.8) is 0 Å². The molecule has 1 heterocycles. The van der Waals surface area contributed by atoms with E-state index >= 15 is 0 Å². The predicted octanol–water partition coefficient (Wildman–Crippen LogP) is 0.822. The summed E-state index contributed by atoms with van der Waals surface area (Å²) in [7, 11) is -4.26. The van der Waals surface area contributed by atoms with Gasteiger partial charge in [-0.2, -0.15) is 0 Å². The third-order valence-corrected chi connectivity index (χ3v) is 7.50. The van der Waals surface area contributed by atoms with Crippen molar-refractivity contribution in [2.75, 3.05) is 37.4 Å². The van der Waals surface area contributed by atoms with Crippen molar-refractivity contribution < 1.29 is 26.3 Å². The fourth-order valence-electron chi connectivity index (χ4n) is 2.69. The molecule has 1 aliphatic heterocycles. The van der Waals surface area contributed by atoms with Crippen LogP contribution in [0, 0.1) is 6.92 Å². The highest BCUT2D eigenvalue weighted by Gasteiger charge is 2.27. The van der Waals surface area contributed by atoms with Crippen LogP contribution in [-0.4, -0.2) is 56.2 Å². The molecule has 1 N–H and O–H groups in total. The molecule has 1 saturated heterocycles. The summed E-state index contributed by atoms with van der Waals surface area (Å²) in [5.74, 6) is 0.114. The fourth-order valence-corrected chi connectivity index (χ4v) is 5.56. The molecule has 0 bridgehead atoms. The highest BCUT2D eigenvalue weighted by Crippen LogP contribution is 2.27. The van der Waals surface area contributed by atoms with E-state index in [0.29, 0.717) is 24.2 Å². The molecule has 1 aromatic rings. The van der Waals surface area contributed by atoms with Crippen LogP contribution >= 0.6 is 0 Å². The lowest BCUT2D eigenvalue weighted by Crippen LogP contribution is -2.38. The summed E-state index contributed by atoms with van der Waals surface area (Å²) in [5, 5.41) is 0. The van der Waals surface area contributed by atoms with Crippen LogP contribution in [0.2, 0.25) is 0 Å². The molecule has 0 atom stereocenters. The van der Waals surface area contributed by atoms with Gasteiger partial charge in [-0.1, -0.05) is 0 Å². The lowest BCUT2D eigenvalue weighted by molar-refractivity contribution is -0.0960. The van der Waals surface area contributed by atoms with E-state index in [0.717, 1.165) is 6.42 Å². The Morgan fingerprint density at radius 3 is 2.48 bits per heavy atom. The van der Waals surface area contributed by atoms with Crippen molar-refractivity contribution in [3.8, 4) is 0 Å². The van der Waals surface area contributed by atoms with Gasteiger partial charge in [-0.25, -0.2) is 21.6 Å². The van der Waals surface area contributed by atoms with Crippen molar-refractivity contribution in [3.05, 3.63) is 23.8 Å². The molecular weight excluding hydrogens is 368 g/mol. The van der Waals surface area contributed by atoms with Crippen LogP contribution in [0.4, 0.5) is 5.69 Å². The normalized spacial score (nSPS) is 17.8. The molecule has 0 aliphatic carbocycles. The van der Waals surface area contributed by atoms with Gasteiger partial charge in [-0.3, -0.25) is 4.31 Å². The standard InChI is InChI=1S/C15H24N2O6S2/c1-12-10-13(17-8-4-5-9-24(17,18)19)6-7-14(12)25(20,21)16-11-15(22-2)23-3/h6-7,10,15-16H,4-5,8-9,11H2,1-3H3. The summed E-state index contributed by atoms with van der Waals surface area (Å²) in [6.07, 6.45) is 0.747. The predicted molar refractivity (Wildman–Crippen MR) is 94.5 cm³/mol. The third kappa shape index (κ3) is 4.70. The summed E-state index contributed by atoms with van der Waals surface area (Å²) in [4.78, 5) is 0.0941. The van der Waals surface area contributed by atoms with Gasteiger partial charge < -0.3 is 9.47 Å². The van der Waals surface area contributed by atoms with Gasteiger partial charge >= 0.3 is 0 Å². The smallest absolute Gasteiger partial charge is 0.241 e.